The summed E-state index contributed by atoms with van der Waals surface area (Å²) in [5.74, 6) is 1.63. The lowest BCUT2D eigenvalue weighted by Crippen LogP contribution is -2.18. The maximum absolute atomic E-state index is 8.76. The van der Waals surface area contributed by atoms with E-state index in [0.717, 1.165) is 0 Å². The molecule has 0 unspecified atom stereocenters. The highest BCUT2D eigenvalue weighted by Crippen LogP contribution is 2.43. The van der Waals surface area contributed by atoms with Crippen molar-refractivity contribution in [3.05, 3.63) is 16.7 Å². The van der Waals surface area contributed by atoms with Gasteiger partial charge in [0.1, 0.15) is 19.0 Å². The molecule has 1 heterocycles. The second kappa shape index (κ2) is 4.78. The summed E-state index contributed by atoms with van der Waals surface area (Å²) in [6.45, 7) is 1.12. The molecule has 1 aliphatic rings. The minimum Gasteiger partial charge on any atom is -0.495 e. The van der Waals surface area contributed by atoms with E-state index >= 15 is 0 Å². The molecule has 88 valence electrons. The molecule has 0 aromatic heterocycles. The van der Waals surface area contributed by atoms with Gasteiger partial charge in [-0.15, -0.1) is 0 Å². The molecule has 0 saturated carbocycles. The molecule has 0 aliphatic carbocycles. The van der Waals surface area contributed by atoms with Gasteiger partial charge in [0.25, 0.3) is 0 Å². The lowest BCUT2D eigenvalue weighted by Gasteiger charge is -2.23. The molecule has 16 heavy (non-hydrogen) atoms. The summed E-state index contributed by atoms with van der Waals surface area (Å²) >= 11 is 6.11. The fourth-order valence-electron chi connectivity index (χ4n) is 1.59. The monoisotopic (exact) mass is 245 g/mol. The van der Waals surface area contributed by atoms with Crippen LogP contribution in [0.5, 0.6) is 17.2 Å². The molecule has 0 amide bonds. The zero-order chi connectivity index (χ0) is 11.5. The molecule has 1 aliphatic heterocycles. The van der Waals surface area contributed by atoms with E-state index in [1.807, 2.05) is 0 Å². The Hall–Kier alpha value is -1.17. The van der Waals surface area contributed by atoms with Crippen LogP contribution < -0.4 is 19.7 Å². The molecular formula is C10H12ClNO4. The Morgan fingerprint density at radius 2 is 2.25 bits per heavy atom. The number of benzene rings is 1. The molecule has 0 radical (unpaired) electrons. The van der Waals surface area contributed by atoms with Crippen LogP contribution in [0.2, 0.25) is 5.02 Å². The standard InChI is InChI=1S/C10H12ClNO4/c1-14-7-4-8-10(16-3-2-15-8)6(5-12-13)9(7)11/h4,12-13H,2-3,5H2,1H3. The van der Waals surface area contributed by atoms with Crippen LogP contribution in [0, 0.1) is 0 Å². The molecular weight excluding hydrogens is 234 g/mol. The van der Waals surface area contributed by atoms with Crippen molar-refractivity contribution in [2.75, 3.05) is 20.3 Å². The van der Waals surface area contributed by atoms with Crippen molar-refractivity contribution < 1.29 is 19.4 Å². The van der Waals surface area contributed by atoms with E-state index in [1.165, 1.54) is 7.11 Å². The van der Waals surface area contributed by atoms with Crippen molar-refractivity contribution in [2.24, 2.45) is 0 Å². The van der Waals surface area contributed by atoms with Crippen molar-refractivity contribution in [2.45, 2.75) is 6.54 Å². The zero-order valence-electron chi connectivity index (χ0n) is 8.75. The van der Waals surface area contributed by atoms with Crippen LogP contribution in [0.1, 0.15) is 5.56 Å². The predicted molar refractivity (Wildman–Crippen MR) is 57.6 cm³/mol. The van der Waals surface area contributed by atoms with Crippen LogP contribution in [0.4, 0.5) is 0 Å². The number of methoxy groups -OCH3 is 1. The first-order valence-electron chi connectivity index (χ1n) is 4.80. The van der Waals surface area contributed by atoms with E-state index < -0.39 is 0 Å². The summed E-state index contributed by atoms with van der Waals surface area (Å²) in [7, 11) is 1.52. The number of fused-ring (bicyclic) bond motifs is 1. The molecule has 5 nitrogen and oxygen atoms in total. The summed E-state index contributed by atoms with van der Waals surface area (Å²) in [4.78, 5) is 0. The molecule has 0 atom stereocenters. The largest absolute Gasteiger partial charge is 0.495 e. The molecule has 0 spiro atoms. The van der Waals surface area contributed by atoms with Gasteiger partial charge < -0.3 is 19.4 Å². The highest BCUT2D eigenvalue weighted by atomic mass is 35.5. The van der Waals surface area contributed by atoms with Crippen LogP contribution in [0.25, 0.3) is 0 Å². The molecule has 1 aromatic carbocycles. The number of hydroxylamine groups is 1. The molecule has 6 heteroatoms. The van der Waals surface area contributed by atoms with Crippen molar-refractivity contribution in [3.8, 4) is 17.2 Å². The minimum absolute atomic E-state index is 0.168. The van der Waals surface area contributed by atoms with Crippen molar-refractivity contribution >= 4 is 11.6 Å². The van der Waals surface area contributed by atoms with E-state index in [4.69, 9.17) is 31.0 Å². The van der Waals surface area contributed by atoms with Gasteiger partial charge in [-0.25, -0.2) is 5.48 Å². The number of hydrogen-bond donors (Lipinski definition) is 2. The molecule has 0 fully saturated rings. The van der Waals surface area contributed by atoms with Gasteiger partial charge >= 0.3 is 0 Å². The number of halogens is 1. The number of rotatable bonds is 3. The summed E-state index contributed by atoms with van der Waals surface area (Å²) in [6.07, 6.45) is 0. The first-order chi connectivity index (χ1) is 7.77. The van der Waals surface area contributed by atoms with Crippen molar-refractivity contribution in [3.63, 3.8) is 0 Å². The van der Waals surface area contributed by atoms with Gasteiger partial charge in [0.2, 0.25) is 0 Å². The average Bonchev–Trinajstić information content (AvgIpc) is 2.32. The van der Waals surface area contributed by atoms with Crippen LogP contribution in [0.15, 0.2) is 6.07 Å². The topological polar surface area (TPSA) is 60.0 Å². The third kappa shape index (κ3) is 1.89. The van der Waals surface area contributed by atoms with Crippen molar-refractivity contribution in [1.29, 1.82) is 0 Å². The third-order valence-electron chi connectivity index (χ3n) is 2.30. The number of ether oxygens (including phenoxy) is 3. The Morgan fingerprint density at radius 1 is 1.50 bits per heavy atom. The first kappa shape index (κ1) is 11.3. The van der Waals surface area contributed by atoms with Gasteiger partial charge in [0.05, 0.1) is 18.7 Å². The van der Waals surface area contributed by atoms with E-state index in [1.54, 1.807) is 6.07 Å². The summed E-state index contributed by atoms with van der Waals surface area (Å²) < 4.78 is 16.0. The maximum atomic E-state index is 8.76. The third-order valence-corrected chi connectivity index (χ3v) is 2.72. The van der Waals surface area contributed by atoms with Gasteiger partial charge in [-0.1, -0.05) is 11.6 Å². The summed E-state index contributed by atoms with van der Waals surface area (Å²) in [6, 6.07) is 1.68. The lowest BCUT2D eigenvalue weighted by atomic mass is 10.1. The Morgan fingerprint density at radius 3 is 2.94 bits per heavy atom. The van der Waals surface area contributed by atoms with Crippen LogP contribution >= 0.6 is 11.6 Å². The molecule has 1 aromatic rings. The van der Waals surface area contributed by atoms with E-state index in [9.17, 15) is 0 Å². The SMILES string of the molecule is COc1cc2c(c(CNO)c1Cl)OCCO2. The van der Waals surface area contributed by atoms with Crippen molar-refractivity contribution in [1.82, 2.24) is 5.48 Å². The van der Waals surface area contributed by atoms with E-state index in [-0.39, 0.29) is 6.54 Å². The Bertz CT molecular complexity index is 397. The minimum atomic E-state index is 0.168. The van der Waals surface area contributed by atoms with Gasteiger partial charge in [-0.2, -0.15) is 0 Å². The van der Waals surface area contributed by atoms with Crippen LogP contribution in [-0.4, -0.2) is 25.5 Å². The zero-order valence-corrected chi connectivity index (χ0v) is 9.50. The molecule has 2 rings (SSSR count). The summed E-state index contributed by atoms with van der Waals surface area (Å²) in [5.41, 5.74) is 2.67. The highest BCUT2D eigenvalue weighted by Gasteiger charge is 2.22. The average molecular weight is 246 g/mol. The number of hydrogen-bond acceptors (Lipinski definition) is 5. The second-order valence-electron chi connectivity index (χ2n) is 3.23. The van der Waals surface area contributed by atoms with Gasteiger partial charge in [0, 0.05) is 11.6 Å². The quantitative estimate of drug-likeness (QED) is 0.792. The summed E-state index contributed by atoms with van der Waals surface area (Å²) in [5, 5.41) is 9.17. The Kier molecular flexibility index (Phi) is 3.38. The van der Waals surface area contributed by atoms with Crippen LogP contribution in [-0.2, 0) is 6.54 Å². The van der Waals surface area contributed by atoms with Crippen LogP contribution in [0.3, 0.4) is 0 Å². The van der Waals surface area contributed by atoms with Gasteiger partial charge in [-0.05, 0) is 0 Å². The lowest BCUT2D eigenvalue weighted by molar-refractivity contribution is 0.149. The fourth-order valence-corrected chi connectivity index (χ4v) is 1.88. The fraction of sp³-hybridized carbons (Fsp3) is 0.400. The first-order valence-corrected chi connectivity index (χ1v) is 5.17. The van der Waals surface area contributed by atoms with Gasteiger partial charge in [0.15, 0.2) is 11.5 Å². The normalized spacial score (nSPS) is 13.7. The van der Waals surface area contributed by atoms with E-state index in [0.29, 0.717) is 41.0 Å². The Balaban J connectivity index is 2.52. The van der Waals surface area contributed by atoms with Gasteiger partial charge in [-0.3, -0.25) is 0 Å². The molecule has 2 N–H and O–H groups in total. The Labute approximate surface area is 97.8 Å². The maximum Gasteiger partial charge on any atom is 0.167 e. The molecule has 0 saturated heterocycles. The predicted octanol–water partition coefficient (Wildman–Crippen LogP) is 1.60. The molecule has 0 bridgehead atoms. The smallest absolute Gasteiger partial charge is 0.167 e. The second-order valence-corrected chi connectivity index (χ2v) is 3.61. The van der Waals surface area contributed by atoms with E-state index in [2.05, 4.69) is 5.48 Å². The number of nitrogens with one attached hydrogen (secondary N) is 1. The highest BCUT2D eigenvalue weighted by molar-refractivity contribution is 6.33.